The molecule has 2 N–H and O–H groups in total. The Labute approximate surface area is 393 Å². The van der Waals surface area contributed by atoms with Crippen molar-refractivity contribution in [3.8, 4) is 28.1 Å². The van der Waals surface area contributed by atoms with Crippen LogP contribution in [0.2, 0.25) is 0 Å². The quantitative estimate of drug-likeness (QED) is 0.212. The van der Waals surface area contributed by atoms with E-state index in [1.54, 1.807) is 25.3 Å². The van der Waals surface area contributed by atoms with E-state index in [1.165, 1.54) is 9.91 Å². The molecule has 2 aromatic heterocycles. The maximum absolute atomic E-state index is 14.8. The predicted octanol–water partition coefficient (Wildman–Crippen LogP) is 6.25. The van der Waals surface area contributed by atoms with E-state index in [4.69, 9.17) is 19.2 Å². The molecule has 15 nitrogen and oxygen atoms in total. The van der Waals surface area contributed by atoms with E-state index in [-0.39, 0.29) is 49.9 Å². The van der Waals surface area contributed by atoms with Crippen molar-refractivity contribution in [1.29, 1.82) is 0 Å². The third-order valence-corrected chi connectivity index (χ3v) is 14.2. The van der Waals surface area contributed by atoms with Gasteiger partial charge in [0.25, 0.3) is 5.91 Å². The normalized spacial score (nSPS) is 24.3. The average Bonchev–Trinajstić information content (AvgIpc) is 3.88. The Balaban J connectivity index is 1.35. The maximum atomic E-state index is 14.8. The Bertz CT molecular complexity index is 2550. The van der Waals surface area contributed by atoms with Gasteiger partial charge in [-0.2, -0.15) is 0 Å². The number of esters is 1. The fourth-order valence-corrected chi connectivity index (χ4v) is 10.8. The summed E-state index contributed by atoms with van der Waals surface area (Å²) in [7, 11) is 3.31. The summed E-state index contributed by atoms with van der Waals surface area (Å²) in [5, 5.41) is 5.55. The predicted molar refractivity (Wildman–Crippen MR) is 254 cm³/mol. The number of carbonyl (C=O) groups is 5. The molecule has 2 saturated heterocycles. The molecule has 2 aromatic carbocycles. The number of hydrogen-bond acceptors (Lipinski definition) is 10. The minimum atomic E-state index is -1.08. The van der Waals surface area contributed by atoms with Gasteiger partial charge in [0, 0.05) is 74.7 Å². The number of methoxy groups -OCH3 is 1. The van der Waals surface area contributed by atoms with Gasteiger partial charge in [0.2, 0.25) is 17.7 Å². The second-order valence-corrected chi connectivity index (χ2v) is 19.9. The van der Waals surface area contributed by atoms with Gasteiger partial charge in [0.15, 0.2) is 0 Å². The van der Waals surface area contributed by atoms with E-state index in [9.17, 15) is 24.0 Å². The molecule has 4 aliphatic rings. The van der Waals surface area contributed by atoms with E-state index in [0.29, 0.717) is 51.1 Å². The number of hydrazine groups is 1. The lowest BCUT2D eigenvalue weighted by Crippen LogP contribution is -2.62. The van der Waals surface area contributed by atoms with Gasteiger partial charge >= 0.3 is 5.97 Å². The van der Waals surface area contributed by atoms with Crippen LogP contribution in [0.1, 0.15) is 97.1 Å². The summed E-state index contributed by atoms with van der Waals surface area (Å²) in [5.41, 5.74) is 10.0. The fourth-order valence-electron chi connectivity index (χ4n) is 10.8. The highest BCUT2D eigenvalue weighted by Crippen LogP contribution is 2.42. The van der Waals surface area contributed by atoms with Crippen LogP contribution >= 0.6 is 0 Å². The zero-order valence-electron chi connectivity index (χ0n) is 40.5. The van der Waals surface area contributed by atoms with Crippen molar-refractivity contribution < 1.29 is 38.2 Å². The smallest absolute Gasteiger partial charge is 0.324 e. The van der Waals surface area contributed by atoms with Crippen molar-refractivity contribution in [1.82, 2.24) is 35.1 Å². The number of hydrogen-bond donors (Lipinski definition) is 2. The lowest BCUT2D eigenvalue weighted by molar-refractivity contribution is -0.155. The monoisotopic (exact) mass is 918 g/mol. The molecule has 8 bridgehead atoms. The summed E-state index contributed by atoms with van der Waals surface area (Å²) >= 11 is 0. The SMILES string of the molecule is CCC(=O)N1CC[C@@H]2C(=O)N(C)[C@H](C(C)C)C(=O)N[C@H]3Cc4cc(cc(c4)-c4ccc5c(c4)c(c(-c4cccnc4[C@H](C)OC)n5CC)CC(C)(C)COC(=O)[C@@H]4CCCN(N4)C3=O)OC[C@H]21. The van der Waals surface area contributed by atoms with Crippen molar-refractivity contribution in [3.05, 3.63) is 71.5 Å². The second-order valence-electron chi connectivity index (χ2n) is 19.9. The molecule has 6 heterocycles. The number of benzene rings is 2. The lowest BCUT2D eigenvalue weighted by atomic mass is 9.84. The number of nitrogens with one attached hydrogen (secondary N) is 2. The summed E-state index contributed by atoms with van der Waals surface area (Å²) < 4.78 is 21.0. The molecule has 4 aliphatic heterocycles. The number of pyridine rings is 1. The number of amides is 4. The van der Waals surface area contributed by atoms with Gasteiger partial charge < -0.3 is 33.9 Å². The van der Waals surface area contributed by atoms with Gasteiger partial charge in [-0.05, 0) is 104 Å². The molecule has 4 amide bonds. The zero-order chi connectivity index (χ0) is 47.9. The number of cyclic esters (lactones) is 1. The molecule has 8 rings (SSSR count). The van der Waals surface area contributed by atoms with Crippen LogP contribution in [0.15, 0.2) is 54.7 Å². The van der Waals surface area contributed by atoms with E-state index in [0.717, 1.165) is 50.1 Å². The summed E-state index contributed by atoms with van der Waals surface area (Å²) in [4.78, 5) is 79.5. The molecule has 6 atom stereocenters. The van der Waals surface area contributed by atoms with E-state index >= 15 is 0 Å². The van der Waals surface area contributed by atoms with Crippen molar-refractivity contribution >= 4 is 40.5 Å². The molecular formula is C52H67N7O8. The van der Waals surface area contributed by atoms with Gasteiger partial charge in [0.1, 0.15) is 30.5 Å². The largest absolute Gasteiger partial charge is 0.491 e. The molecule has 67 heavy (non-hydrogen) atoms. The van der Waals surface area contributed by atoms with Crippen molar-refractivity contribution in [2.75, 3.05) is 40.5 Å². The highest BCUT2D eigenvalue weighted by atomic mass is 16.5. The van der Waals surface area contributed by atoms with Crippen LogP contribution in [0.25, 0.3) is 33.3 Å². The molecule has 0 aliphatic carbocycles. The zero-order valence-corrected chi connectivity index (χ0v) is 40.5. The lowest BCUT2D eigenvalue weighted by Gasteiger charge is -2.37. The van der Waals surface area contributed by atoms with Gasteiger partial charge in [-0.3, -0.25) is 34.0 Å². The fraction of sp³-hybridized carbons (Fsp3) is 0.538. The molecule has 358 valence electrons. The Morgan fingerprint density at radius 1 is 0.955 bits per heavy atom. The van der Waals surface area contributed by atoms with Crippen molar-refractivity contribution in [2.45, 2.75) is 124 Å². The summed E-state index contributed by atoms with van der Waals surface area (Å²) in [6.07, 6.45) is 3.85. The molecule has 0 radical (unpaired) electrons. The van der Waals surface area contributed by atoms with Gasteiger partial charge in [-0.15, -0.1) is 0 Å². The second kappa shape index (κ2) is 19.4. The molecule has 4 aromatic rings. The number of ether oxygens (including phenoxy) is 3. The number of fused-ring (bicyclic) bond motifs is 8. The van der Waals surface area contributed by atoms with Crippen molar-refractivity contribution in [2.24, 2.45) is 17.3 Å². The molecule has 15 heteroatoms. The number of likely N-dealkylation sites (N-methyl/N-ethyl adjacent to an activating group) is 1. The molecular weight excluding hydrogens is 851 g/mol. The average molecular weight is 918 g/mol. The summed E-state index contributed by atoms with van der Waals surface area (Å²) in [5.74, 6) is -2.08. The van der Waals surface area contributed by atoms with E-state index < -0.39 is 53.3 Å². The van der Waals surface area contributed by atoms with Crippen LogP contribution in [0.5, 0.6) is 5.75 Å². The Morgan fingerprint density at radius 3 is 2.48 bits per heavy atom. The Morgan fingerprint density at radius 2 is 1.75 bits per heavy atom. The van der Waals surface area contributed by atoms with Crippen molar-refractivity contribution in [3.63, 3.8) is 0 Å². The van der Waals surface area contributed by atoms with E-state index in [2.05, 4.69) is 60.3 Å². The van der Waals surface area contributed by atoms with Gasteiger partial charge in [-0.1, -0.05) is 46.8 Å². The number of nitrogens with zero attached hydrogens (tertiary/aromatic N) is 5. The highest BCUT2D eigenvalue weighted by Gasteiger charge is 2.45. The number of carbonyl (C=O) groups excluding carboxylic acids is 5. The van der Waals surface area contributed by atoms with Crippen LogP contribution in [-0.2, 0) is 52.8 Å². The standard InChI is InChI=1S/C52H67N7O8/c1-10-44(60)58-21-18-36-43(58)28-66-35-23-32-22-34(25-35)33-16-17-42-38(26-33)39(47(57(42)11-2)37-14-12-19-53-45(37)31(5)65-9)27-52(6,7)29-67-51(64)40-15-13-20-59(55-40)50(63)41(24-32)54-48(61)46(30(3)4)56(8)49(36)62/h12,14,16-17,19,22-23,25-26,30-31,36,40-41,43,46,55H,10-11,13,15,18,20-21,24,27-29H2,1-9H3,(H,54,61)/t31-,36-,40-,41-,43+,46+/m0/s1. The minimum absolute atomic E-state index is 0.0588. The number of aryl methyl sites for hydroxylation is 1. The molecule has 2 fully saturated rings. The van der Waals surface area contributed by atoms with Crippen LogP contribution in [-0.4, -0.2) is 119 Å². The Hall–Kier alpha value is -5.80. The van der Waals surface area contributed by atoms with Crippen LogP contribution in [0.4, 0.5) is 0 Å². The topological polar surface area (TPSA) is 165 Å². The van der Waals surface area contributed by atoms with Crippen LogP contribution < -0.4 is 15.5 Å². The van der Waals surface area contributed by atoms with Crippen LogP contribution in [0, 0.1) is 17.3 Å². The molecule has 0 spiro atoms. The third-order valence-electron chi connectivity index (χ3n) is 14.2. The van der Waals surface area contributed by atoms with Gasteiger partial charge in [0.05, 0.1) is 36.1 Å². The first-order valence-corrected chi connectivity index (χ1v) is 24.0. The highest BCUT2D eigenvalue weighted by molar-refractivity contribution is 5.96. The third kappa shape index (κ3) is 9.41. The van der Waals surface area contributed by atoms with Crippen LogP contribution in [0.3, 0.4) is 0 Å². The first-order chi connectivity index (χ1) is 32.0. The molecule has 0 unspecified atom stereocenters. The Kier molecular flexibility index (Phi) is 13.8. The summed E-state index contributed by atoms with van der Waals surface area (Å²) in [6.45, 7) is 15.5. The molecule has 0 saturated carbocycles. The van der Waals surface area contributed by atoms with Gasteiger partial charge in [-0.25, -0.2) is 5.43 Å². The maximum Gasteiger partial charge on any atom is 0.324 e. The number of aromatic nitrogens is 2. The number of likely N-dealkylation sites (tertiary alicyclic amines) is 1. The minimum Gasteiger partial charge on any atom is -0.491 e. The van der Waals surface area contributed by atoms with E-state index in [1.807, 2.05) is 52.0 Å². The number of rotatable bonds is 6. The first-order valence-electron chi connectivity index (χ1n) is 24.0. The summed E-state index contributed by atoms with van der Waals surface area (Å²) in [6, 6.07) is 13.0. The first kappa shape index (κ1) is 47.7.